The predicted octanol–water partition coefficient (Wildman–Crippen LogP) is 4.29. The van der Waals surface area contributed by atoms with E-state index in [1.54, 1.807) is 12.1 Å². The lowest BCUT2D eigenvalue weighted by atomic mass is 9.66. The van der Waals surface area contributed by atoms with Crippen LogP contribution in [0.1, 0.15) is 52.0 Å². The minimum atomic E-state index is -0.819. The van der Waals surface area contributed by atoms with Gasteiger partial charge >= 0.3 is 0 Å². The zero-order valence-electron chi connectivity index (χ0n) is 19.7. The molecule has 0 saturated carbocycles. The molecule has 0 bridgehead atoms. The Hall–Kier alpha value is -1.96. The maximum absolute atomic E-state index is 12.8. The van der Waals surface area contributed by atoms with Crippen LogP contribution < -0.4 is 0 Å². The molecule has 1 aromatic rings. The number of phenolic OH excluding ortho intramolecular Hbond substituents is 1. The van der Waals surface area contributed by atoms with Crippen LogP contribution in [-0.2, 0) is 9.59 Å². The molecule has 0 spiro atoms. The van der Waals surface area contributed by atoms with Crippen molar-refractivity contribution in [2.24, 2.45) is 23.7 Å². The van der Waals surface area contributed by atoms with E-state index >= 15 is 0 Å². The third-order valence-electron chi connectivity index (χ3n) is 7.14. The Morgan fingerprint density at radius 3 is 2.58 bits per heavy atom. The smallest absolute Gasteiger partial charge is 0.233 e. The zero-order chi connectivity index (χ0) is 24.4. The molecular weight excluding hydrogens is 486 g/mol. The number of aliphatic hydroxyl groups is 2. The van der Waals surface area contributed by atoms with E-state index in [4.69, 9.17) is 0 Å². The summed E-state index contributed by atoms with van der Waals surface area (Å²) < 4.78 is 0.872. The van der Waals surface area contributed by atoms with Gasteiger partial charge in [0.05, 0.1) is 24.5 Å². The van der Waals surface area contributed by atoms with Crippen molar-refractivity contribution in [2.75, 3.05) is 13.7 Å². The van der Waals surface area contributed by atoms with Crippen LogP contribution in [0.3, 0.4) is 0 Å². The summed E-state index contributed by atoms with van der Waals surface area (Å²) in [6.07, 6.45) is 3.38. The van der Waals surface area contributed by atoms with Gasteiger partial charge in [0, 0.05) is 23.0 Å². The Morgan fingerprint density at radius 1 is 1.27 bits per heavy atom. The molecule has 1 fully saturated rings. The highest BCUT2D eigenvalue weighted by molar-refractivity contribution is 9.10. The predicted molar refractivity (Wildman–Crippen MR) is 131 cm³/mol. The molecule has 0 radical (unpaired) electrons. The Labute approximate surface area is 204 Å². The van der Waals surface area contributed by atoms with Crippen LogP contribution in [0.4, 0.5) is 0 Å². The van der Waals surface area contributed by atoms with Gasteiger partial charge < -0.3 is 15.3 Å². The van der Waals surface area contributed by atoms with Crippen molar-refractivity contribution in [2.45, 2.75) is 52.6 Å². The molecule has 1 aromatic carbocycles. The summed E-state index contributed by atoms with van der Waals surface area (Å²) in [5.74, 6) is -1.80. The maximum Gasteiger partial charge on any atom is 0.233 e. The summed E-state index contributed by atoms with van der Waals surface area (Å²) in [6, 6.07) is 5.27. The average molecular weight is 520 g/mol. The van der Waals surface area contributed by atoms with Gasteiger partial charge in [-0.1, -0.05) is 53.9 Å². The summed E-state index contributed by atoms with van der Waals surface area (Å²) in [6.45, 7) is 5.80. The minimum absolute atomic E-state index is 0.0956. The fourth-order valence-corrected chi connectivity index (χ4v) is 5.67. The third kappa shape index (κ3) is 5.10. The Morgan fingerprint density at radius 2 is 1.97 bits per heavy atom. The van der Waals surface area contributed by atoms with Gasteiger partial charge in [-0.25, -0.2) is 0 Å². The summed E-state index contributed by atoms with van der Waals surface area (Å²) in [5, 5.41) is 31.7. The highest BCUT2D eigenvalue weighted by Gasteiger charge is 2.53. The Balaban J connectivity index is 1.88. The molecule has 1 aliphatic carbocycles. The Bertz CT molecular complexity index is 983. The van der Waals surface area contributed by atoms with Gasteiger partial charge in [-0.3, -0.25) is 14.5 Å². The molecule has 0 aromatic heterocycles. The number of nitrogens with zero attached hydrogens (tertiary/aromatic N) is 1. The summed E-state index contributed by atoms with van der Waals surface area (Å²) in [7, 11) is 1.50. The number of carbonyl (C=O) groups is 2. The first-order chi connectivity index (χ1) is 15.6. The molecule has 3 N–H and O–H groups in total. The number of rotatable bonds is 8. The van der Waals surface area contributed by atoms with E-state index in [1.807, 2.05) is 32.9 Å². The van der Waals surface area contributed by atoms with E-state index in [0.717, 1.165) is 27.6 Å². The number of aliphatic hydroxyl groups excluding tert-OH is 2. The van der Waals surface area contributed by atoms with Crippen LogP contribution in [0, 0.1) is 23.7 Å². The van der Waals surface area contributed by atoms with Crippen molar-refractivity contribution in [3.05, 3.63) is 45.0 Å². The molecule has 180 valence electrons. The van der Waals surface area contributed by atoms with E-state index in [1.165, 1.54) is 11.9 Å². The van der Waals surface area contributed by atoms with Gasteiger partial charge in [0.15, 0.2) is 0 Å². The fraction of sp³-hybridized carbons (Fsp3) is 0.538. The molecule has 6 nitrogen and oxygen atoms in total. The first-order valence-electron chi connectivity index (χ1n) is 11.6. The summed E-state index contributed by atoms with van der Waals surface area (Å²) in [4.78, 5) is 26.6. The number of carbonyl (C=O) groups excluding carboxylic acids is 2. The van der Waals surface area contributed by atoms with Crippen molar-refractivity contribution in [3.8, 4) is 5.75 Å². The topological polar surface area (TPSA) is 98.1 Å². The molecule has 3 rings (SSSR count). The van der Waals surface area contributed by atoms with Crippen LogP contribution in [0.2, 0.25) is 0 Å². The van der Waals surface area contributed by atoms with Crippen molar-refractivity contribution in [3.63, 3.8) is 0 Å². The molecule has 1 aliphatic heterocycles. The van der Waals surface area contributed by atoms with Crippen LogP contribution in [0.5, 0.6) is 5.75 Å². The first kappa shape index (κ1) is 25.7. The molecule has 7 heteroatoms. The maximum atomic E-state index is 12.8. The lowest BCUT2D eigenvalue weighted by Crippen LogP contribution is -2.39. The highest BCUT2D eigenvalue weighted by Crippen LogP contribution is 2.47. The number of likely N-dealkylation sites (tertiary alicyclic amines) is 1. The van der Waals surface area contributed by atoms with Crippen LogP contribution in [0.25, 0.3) is 6.08 Å². The molecule has 1 heterocycles. The summed E-state index contributed by atoms with van der Waals surface area (Å²) >= 11 is 3.43. The number of hydrogen-bond donors (Lipinski definition) is 3. The van der Waals surface area contributed by atoms with Gasteiger partial charge in [0.25, 0.3) is 0 Å². The number of benzene rings is 1. The molecule has 33 heavy (non-hydrogen) atoms. The van der Waals surface area contributed by atoms with E-state index in [-0.39, 0.29) is 30.1 Å². The lowest BCUT2D eigenvalue weighted by molar-refractivity contribution is -0.138. The van der Waals surface area contributed by atoms with Gasteiger partial charge in [0.2, 0.25) is 11.8 Å². The second-order valence-electron chi connectivity index (χ2n) is 9.41. The largest absolute Gasteiger partial charge is 0.507 e. The number of aromatic hydroxyl groups is 1. The first-order valence-corrected chi connectivity index (χ1v) is 12.4. The van der Waals surface area contributed by atoms with Gasteiger partial charge in [-0.2, -0.15) is 0 Å². The monoisotopic (exact) mass is 519 g/mol. The van der Waals surface area contributed by atoms with Crippen molar-refractivity contribution >= 4 is 33.8 Å². The second kappa shape index (κ2) is 10.5. The normalized spacial score (nSPS) is 24.7. The molecule has 4 atom stereocenters. The number of amides is 2. The molecule has 1 saturated heterocycles. The van der Waals surface area contributed by atoms with Crippen molar-refractivity contribution < 1.29 is 24.9 Å². The lowest BCUT2D eigenvalue weighted by Gasteiger charge is -2.38. The van der Waals surface area contributed by atoms with Crippen LogP contribution in [-0.4, -0.2) is 51.8 Å². The number of allylic oxidation sites excluding steroid dienone is 2. The third-order valence-corrected chi connectivity index (χ3v) is 7.63. The average Bonchev–Trinajstić information content (AvgIpc) is 3.01. The zero-order valence-corrected chi connectivity index (χ0v) is 21.3. The quantitative estimate of drug-likeness (QED) is 0.351. The SMILES string of the molecule is CC/C(=C\c1cc(Br)ccc1O)CC[C@@H](O)C1=C(C(C)C)C[C@H]2C(=O)N(C)C(=O)[C@H]2[C@H]1CO. The molecule has 2 aliphatic rings. The molecule has 2 amide bonds. The minimum Gasteiger partial charge on any atom is -0.507 e. The van der Waals surface area contributed by atoms with Crippen molar-refractivity contribution in [1.82, 2.24) is 4.90 Å². The van der Waals surface area contributed by atoms with E-state index in [0.29, 0.717) is 24.8 Å². The van der Waals surface area contributed by atoms with E-state index < -0.39 is 23.9 Å². The molecular formula is C26H34BrNO5. The summed E-state index contributed by atoms with van der Waals surface area (Å²) in [5.41, 5.74) is 3.50. The number of imide groups is 1. The number of fused-ring (bicyclic) bond motifs is 1. The number of phenols is 1. The van der Waals surface area contributed by atoms with Crippen molar-refractivity contribution in [1.29, 1.82) is 0 Å². The fourth-order valence-electron chi connectivity index (χ4n) is 5.29. The van der Waals surface area contributed by atoms with E-state index in [2.05, 4.69) is 15.9 Å². The van der Waals surface area contributed by atoms with E-state index in [9.17, 15) is 24.9 Å². The number of halogens is 1. The number of hydrogen-bond acceptors (Lipinski definition) is 5. The highest BCUT2D eigenvalue weighted by atomic mass is 79.9. The second-order valence-corrected chi connectivity index (χ2v) is 10.3. The van der Waals surface area contributed by atoms with Gasteiger partial charge in [-0.15, -0.1) is 0 Å². The van der Waals surface area contributed by atoms with Crippen LogP contribution >= 0.6 is 15.9 Å². The Kier molecular flexibility index (Phi) is 8.19. The van der Waals surface area contributed by atoms with Gasteiger partial charge in [0.1, 0.15) is 5.75 Å². The van der Waals surface area contributed by atoms with Gasteiger partial charge in [-0.05, 0) is 55.4 Å². The van der Waals surface area contributed by atoms with Crippen LogP contribution in [0.15, 0.2) is 39.4 Å². The standard InChI is InChI=1S/C26H34BrNO5/c1-5-15(10-16-11-17(27)7-9-21(16)30)6-8-22(31)23-18(14(2)3)12-19-24(20(23)13-29)26(33)28(4)25(19)32/h7,9-11,14,19-20,22,24,29-31H,5-6,8,12-13H2,1-4H3/b15-10+/t19-,20+,22-,24-/m1/s1. The molecule has 0 unspecified atom stereocenters.